The molecule has 3 saturated heterocycles. The first-order chi connectivity index (χ1) is 25.6. The van der Waals surface area contributed by atoms with Crippen molar-refractivity contribution in [3.05, 3.63) is 89.0 Å². The molecule has 10 rings (SSSR count). The van der Waals surface area contributed by atoms with Gasteiger partial charge in [-0.3, -0.25) is 13.9 Å². The molecule has 5 heterocycles. The minimum absolute atomic E-state index is 0.0284. The summed E-state index contributed by atoms with van der Waals surface area (Å²) in [5.74, 6) is 0.963. The molecule has 53 heavy (non-hydrogen) atoms. The van der Waals surface area contributed by atoms with E-state index >= 15 is 0 Å². The molecule has 1 aromatic heterocycles. The Balaban J connectivity index is 0.000000954. The highest BCUT2D eigenvalue weighted by Gasteiger charge is 2.66. The first-order valence-electron chi connectivity index (χ1n) is 18.9. The summed E-state index contributed by atoms with van der Waals surface area (Å²) in [5, 5.41) is 1.15. The topological polar surface area (TPSA) is 110 Å². The van der Waals surface area contributed by atoms with E-state index in [1.807, 2.05) is 62.6 Å². The fourth-order valence-corrected chi connectivity index (χ4v) is 9.59. The first kappa shape index (κ1) is 35.5. The van der Waals surface area contributed by atoms with Crippen molar-refractivity contribution in [1.82, 2.24) is 18.7 Å². The number of carbonyl (C=O) groups is 3. The molecule has 6 aliphatic rings. The van der Waals surface area contributed by atoms with Crippen LogP contribution in [0.2, 0.25) is 0 Å². The van der Waals surface area contributed by atoms with Crippen LogP contribution >= 0.6 is 12.8 Å². The van der Waals surface area contributed by atoms with Crippen LogP contribution < -0.4 is 10.5 Å². The van der Waals surface area contributed by atoms with Crippen LogP contribution in [0, 0.1) is 5.41 Å². The van der Waals surface area contributed by atoms with Crippen molar-refractivity contribution in [2.45, 2.75) is 82.0 Å². The van der Waals surface area contributed by atoms with E-state index in [0.29, 0.717) is 31.1 Å². The summed E-state index contributed by atoms with van der Waals surface area (Å²) in [4.78, 5) is 44.3. The number of piperazine rings is 1. The average Bonchev–Trinajstić information content (AvgIpc) is 3.84. The number of hydrogen-bond acceptors (Lipinski definition) is 7. The Bertz CT molecular complexity index is 2040. The number of nitrogens with zero attached hydrogens (tertiary/aromatic N) is 4. The van der Waals surface area contributed by atoms with Crippen molar-refractivity contribution in [3.63, 3.8) is 0 Å². The number of carbonyl (C=O) groups excluding carboxylic acids is 3. The maximum Gasteiger partial charge on any atom is 0.410 e. The third-order valence-electron chi connectivity index (χ3n) is 12.1. The van der Waals surface area contributed by atoms with Gasteiger partial charge in [-0.1, -0.05) is 68.5 Å². The molecule has 10 nitrogen and oxygen atoms in total. The number of methoxy groups -OCH3 is 1. The third-order valence-corrected chi connectivity index (χ3v) is 12.1. The van der Waals surface area contributed by atoms with Gasteiger partial charge in [0.25, 0.3) is 0 Å². The number of nitrogens with two attached hydrogens (primary N) is 1. The number of ether oxygens (including phenoxy) is 2. The van der Waals surface area contributed by atoms with Crippen molar-refractivity contribution >= 4 is 41.6 Å². The molecule has 3 amide bonds. The van der Waals surface area contributed by atoms with Gasteiger partial charge in [-0.05, 0) is 92.7 Å². The van der Waals surface area contributed by atoms with Crippen LogP contribution in [0.15, 0.2) is 66.7 Å². The highest BCUT2D eigenvalue weighted by molar-refractivity contribution is 7.77. The Morgan fingerprint density at radius 3 is 2.36 bits per heavy atom. The van der Waals surface area contributed by atoms with Crippen LogP contribution in [0.1, 0.15) is 83.8 Å². The Morgan fingerprint density at radius 1 is 0.962 bits per heavy atom. The fourth-order valence-electron chi connectivity index (χ4n) is 9.59. The molecule has 0 spiro atoms. The molecule has 4 atom stereocenters. The third kappa shape index (κ3) is 6.35. The molecule has 2 bridgehead atoms. The van der Waals surface area contributed by atoms with Gasteiger partial charge in [0.05, 0.1) is 30.3 Å². The Kier molecular flexibility index (Phi) is 9.43. The van der Waals surface area contributed by atoms with Crippen molar-refractivity contribution in [2.24, 2.45) is 11.1 Å². The predicted octanol–water partition coefficient (Wildman–Crippen LogP) is 6.97. The normalized spacial score (nSPS) is 24.1. The van der Waals surface area contributed by atoms with Crippen LogP contribution in [0.3, 0.4) is 0 Å². The van der Waals surface area contributed by atoms with Gasteiger partial charge in [0.15, 0.2) is 0 Å². The van der Waals surface area contributed by atoms with Gasteiger partial charge in [0, 0.05) is 47.6 Å². The summed E-state index contributed by atoms with van der Waals surface area (Å²) < 4.78 is 15.4. The highest BCUT2D eigenvalue weighted by Crippen LogP contribution is 2.67. The van der Waals surface area contributed by atoms with E-state index in [2.05, 4.69) is 40.5 Å². The summed E-state index contributed by atoms with van der Waals surface area (Å²) in [6.07, 6.45) is 7.23. The van der Waals surface area contributed by atoms with Gasteiger partial charge in [0.2, 0.25) is 11.8 Å². The van der Waals surface area contributed by atoms with Crippen LogP contribution in [-0.4, -0.2) is 83.0 Å². The Morgan fingerprint density at radius 2 is 1.68 bits per heavy atom. The van der Waals surface area contributed by atoms with E-state index in [4.69, 9.17) is 15.2 Å². The number of primary amides is 1. The number of amides is 3. The van der Waals surface area contributed by atoms with Gasteiger partial charge < -0.3 is 29.6 Å². The molecule has 2 N–H and O–H groups in total. The number of thiol groups is 1. The van der Waals surface area contributed by atoms with Crippen molar-refractivity contribution < 1.29 is 23.9 Å². The molecule has 5 fully saturated rings. The molecular weight excluding hydrogens is 687 g/mol. The van der Waals surface area contributed by atoms with Crippen molar-refractivity contribution in [2.75, 3.05) is 34.3 Å². The number of fused-ring (bicyclic) bond motifs is 9. The molecule has 278 valence electrons. The largest absolute Gasteiger partial charge is 0.497 e. The number of aromatic nitrogens is 1. The van der Waals surface area contributed by atoms with E-state index in [1.165, 1.54) is 36.1 Å². The highest BCUT2D eigenvalue weighted by atomic mass is 32.1. The molecular formula is C42H49N5O5S. The van der Waals surface area contributed by atoms with Gasteiger partial charge in [-0.2, -0.15) is 0 Å². The monoisotopic (exact) mass is 735 g/mol. The summed E-state index contributed by atoms with van der Waals surface area (Å²) in [7, 11) is 5.42. The second-order valence-corrected chi connectivity index (χ2v) is 16.5. The maximum atomic E-state index is 15.0. The van der Waals surface area contributed by atoms with Crippen LogP contribution in [-0.2, 0) is 22.7 Å². The van der Waals surface area contributed by atoms with Gasteiger partial charge in [-0.15, -0.1) is 0 Å². The molecule has 4 aromatic rings. The lowest BCUT2D eigenvalue weighted by Gasteiger charge is -2.56. The van der Waals surface area contributed by atoms with E-state index in [1.54, 1.807) is 16.3 Å². The smallest absolute Gasteiger partial charge is 0.410 e. The van der Waals surface area contributed by atoms with E-state index in [0.717, 1.165) is 53.5 Å². The first-order valence-corrected chi connectivity index (χ1v) is 19.3. The zero-order valence-corrected chi connectivity index (χ0v) is 31.7. The molecule has 11 heteroatoms. The lowest BCUT2D eigenvalue weighted by atomic mass is 9.81. The van der Waals surface area contributed by atoms with E-state index < -0.39 is 11.3 Å². The lowest BCUT2D eigenvalue weighted by Crippen LogP contribution is -2.72. The second kappa shape index (κ2) is 14.1. The summed E-state index contributed by atoms with van der Waals surface area (Å²) in [6, 6.07) is 21.9. The Hall–Kier alpha value is -4.48. The SMILES string of the molecule is CN(C)S.COc1ccc2c(c1)C1CC1(C(=O)N1[C@H]3C[C@H]1CN(C(=O)OCc1ccccc1)C3)Cn1c-2c(C2CCCCC2)c2ccc(C(N)=O)cc21. The quantitative estimate of drug-likeness (QED) is 0.207. The second-order valence-electron chi connectivity index (χ2n) is 15.7. The van der Waals surface area contributed by atoms with Crippen LogP contribution in [0.5, 0.6) is 5.75 Å². The summed E-state index contributed by atoms with van der Waals surface area (Å²) >= 11 is 3.80. The Labute approximate surface area is 316 Å². The maximum absolute atomic E-state index is 15.0. The summed E-state index contributed by atoms with van der Waals surface area (Å²) in [6.45, 7) is 1.72. The molecule has 2 saturated carbocycles. The van der Waals surface area contributed by atoms with Crippen molar-refractivity contribution in [3.8, 4) is 17.0 Å². The zero-order valence-electron chi connectivity index (χ0n) is 30.8. The molecule has 0 radical (unpaired) electrons. The summed E-state index contributed by atoms with van der Waals surface area (Å²) in [5.41, 5.74) is 12.4. The minimum atomic E-state index is -0.627. The molecule has 2 aliphatic carbocycles. The molecule has 4 aliphatic heterocycles. The van der Waals surface area contributed by atoms with Crippen LogP contribution in [0.4, 0.5) is 4.79 Å². The van der Waals surface area contributed by atoms with Gasteiger partial charge in [0.1, 0.15) is 12.4 Å². The van der Waals surface area contributed by atoms with E-state index in [9.17, 15) is 14.4 Å². The van der Waals surface area contributed by atoms with Gasteiger partial charge in [-0.25, -0.2) is 4.79 Å². The number of piperidine rings is 1. The number of rotatable bonds is 6. The lowest BCUT2D eigenvalue weighted by molar-refractivity contribution is -0.159. The van der Waals surface area contributed by atoms with Crippen molar-refractivity contribution in [1.29, 1.82) is 0 Å². The van der Waals surface area contributed by atoms with Crippen LogP contribution in [0.25, 0.3) is 22.2 Å². The zero-order chi connectivity index (χ0) is 37.0. The van der Waals surface area contributed by atoms with Gasteiger partial charge >= 0.3 is 6.09 Å². The number of benzene rings is 3. The standard InChI is InChI=1S/C40H42N4O5.C2H7NS/c1-48-29-13-15-30-32(18-29)33-19-40(33,38(46)44-27-17-28(44)21-42(20-27)39(47)49-22-24-8-4-2-5-9-24)23-43-34-16-26(37(41)45)12-14-31(34)35(36(30)43)25-10-6-3-7-11-25;1-3(2)4/h2,4-5,8-9,12-16,18,25,27-28,33H,3,6-7,10-11,17,19-23H2,1H3,(H2,41,45);4H,1-2H3/t27-,28-,33?,40?;/m0./s1. The minimum Gasteiger partial charge on any atom is -0.497 e. The predicted molar refractivity (Wildman–Crippen MR) is 208 cm³/mol. The number of hydrogen-bond donors (Lipinski definition) is 2. The molecule has 2 unspecified atom stereocenters. The van der Waals surface area contributed by atoms with E-state index in [-0.39, 0.29) is 36.6 Å². The fraction of sp³-hybridized carbons (Fsp3) is 0.452. The molecule has 3 aromatic carbocycles. The average molecular weight is 736 g/mol.